The van der Waals surface area contributed by atoms with Crippen LogP contribution in [0.4, 0.5) is 0 Å². The van der Waals surface area contributed by atoms with Crippen molar-refractivity contribution in [1.82, 2.24) is 4.90 Å². The molecule has 0 amide bonds. The molecular weight excluding hydrogens is 182 g/mol. The lowest BCUT2D eigenvalue weighted by molar-refractivity contribution is -0.142. The molecule has 82 valence electrons. The first kappa shape index (κ1) is 11.5. The molecule has 0 aromatic carbocycles. The maximum absolute atomic E-state index is 10.7. The summed E-state index contributed by atoms with van der Waals surface area (Å²) in [6, 6.07) is -0.360. The summed E-state index contributed by atoms with van der Waals surface area (Å²) in [6.45, 7) is 6.96. The first-order valence-corrected chi connectivity index (χ1v) is 5.19. The maximum atomic E-state index is 10.7. The van der Waals surface area contributed by atoms with Gasteiger partial charge in [-0.05, 0) is 32.7 Å². The number of hydrogen-bond acceptors (Lipinski definition) is 3. The van der Waals surface area contributed by atoms with Crippen LogP contribution in [0.15, 0.2) is 0 Å². The van der Waals surface area contributed by atoms with Gasteiger partial charge in [0.2, 0.25) is 0 Å². The second-order valence-electron chi connectivity index (χ2n) is 3.82. The molecule has 1 fully saturated rings. The van der Waals surface area contributed by atoms with Crippen LogP contribution in [0, 0.1) is 5.92 Å². The van der Waals surface area contributed by atoms with Crippen LogP contribution in [0.1, 0.15) is 20.3 Å². The molecule has 1 rings (SSSR count). The quantitative estimate of drug-likeness (QED) is 0.715. The van der Waals surface area contributed by atoms with E-state index >= 15 is 0 Å². The summed E-state index contributed by atoms with van der Waals surface area (Å²) < 4.78 is 5.33. The van der Waals surface area contributed by atoms with E-state index in [2.05, 4.69) is 0 Å². The number of nitrogens with zero attached hydrogens (tertiary/aromatic N) is 1. The van der Waals surface area contributed by atoms with E-state index < -0.39 is 5.97 Å². The molecule has 0 aliphatic carbocycles. The zero-order valence-electron chi connectivity index (χ0n) is 8.90. The molecule has 0 aromatic heterocycles. The highest BCUT2D eigenvalue weighted by atomic mass is 16.5. The molecule has 2 atom stereocenters. The Balaban J connectivity index is 2.29. The third-order valence-corrected chi connectivity index (χ3v) is 2.78. The Kier molecular flexibility index (Phi) is 4.35. The zero-order valence-corrected chi connectivity index (χ0v) is 8.90. The highest BCUT2D eigenvalue weighted by molar-refractivity contribution is 5.72. The first-order valence-electron chi connectivity index (χ1n) is 5.19. The van der Waals surface area contributed by atoms with E-state index in [1.165, 1.54) is 0 Å². The van der Waals surface area contributed by atoms with E-state index in [0.717, 1.165) is 32.7 Å². The number of hydrogen-bond donors (Lipinski definition) is 1. The number of carboxylic acids is 1. The Morgan fingerprint density at radius 1 is 1.71 bits per heavy atom. The van der Waals surface area contributed by atoms with Crippen molar-refractivity contribution in [2.75, 3.05) is 26.3 Å². The third kappa shape index (κ3) is 2.96. The van der Waals surface area contributed by atoms with Crippen molar-refractivity contribution in [1.29, 1.82) is 0 Å². The van der Waals surface area contributed by atoms with E-state index in [-0.39, 0.29) is 6.04 Å². The van der Waals surface area contributed by atoms with Crippen molar-refractivity contribution in [2.24, 2.45) is 5.92 Å². The molecule has 0 radical (unpaired) electrons. The average molecular weight is 201 g/mol. The van der Waals surface area contributed by atoms with Crippen molar-refractivity contribution >= 4 is 5.97 Å². The molecule has 1 N–H and O–H groups in total. The van der Waals surface area contributed by atoms with E-state index in [1.807, 2.05) is 11.8 Å². The van der Waals surface area contributed by atoms with Crippen LogP contribution in [-0.4, -0.2) is 48.3 Å². The maximum Gasteiger partial charge on any atom is 0.320 e. The summed E-state index contributed by atoms with van der Waals surface area (Å²) in [7, 11) is 0. The third-order valence-electron chi connectivity index (χ3n) is 2.78. The minimum absolute atomic E-state index is 0.360. The van der Waals surface area contributed by atoms with E-state index in [9.17, 15) is 4.79 Å². The van der Waals surface area contributed by atoms with E-state index in [0.29, 0.717) is 5.92 Å². The molecule has 1 aliphatic rings. The number of likely N-dealkylation sites (tertiary alicyclic amines) is 1. The fourth-order valence-electron chi connectivity index (χ4n) is 1.79. The lowest BCUT2D eigenvalue weighted by atomic mass is 10.1. The topological polar surface area (TPSA) is 49.8 Å². The molecule has 4 nitrogen and oxygen atoms in total. The van der Waals surface area contributed by atoms with Crippen LogP contribution in [0.5, 0.6) is 0 Å². The molecule has 0 saturated carbocycles. The molecule has 0 spiro atoms. The summed E-state index contributed by atoms with van der Waals surface area (Å²) in [5.74, 6) is -0.223. The SMILES string of the molecule is CCOC[C@@H]1CCN([C@H](C)C(=O)O)C1. The Hall–Kier alpha value is -0.610. The molecule has 14 heavy (non-hydrogen) atoms. The van der Waals surface area contributed by atoms with E-state index in [4.69, 9.17) is 9.84 Å². The summed E-state index contributed by atoms with van der Waals surface area (Å²) in [5, 5.41) is 8.83. The van der Waals surface area contributed by atoms with Crippen LogP contribution in [0.2, 0.25) is 0 Å². The van der Waals surface area contributed by atoms with Gasteiger partial charge in [0.1, 0.15) is 6.04 Å². The van der Waals surface area contributed by atoms with Gasteiger partial charge in [0, 0.05) is 13.2 Å². The molecule has 1 aliphatic heterocycles. The second-order valence-corrected chi connectivity index (χ2v) is 3.82. The monoisotopic (exact) mass is 201 g/mol. The average Bonchev–Trinajstić information content (AvgIpc) is 2.61. The van der Waals surface area contributed by atoms with Gasteiger partial charge < -0.3 is 9.84 Å². The minimum Gasteiger partial charge on any atom is -0.480 e. The van der Waals surface area contributed by atoms with Crippen LogP contribution >= 0.6 is 0 Å². The van der Waals surface area contributed by atoms with Gasteiger partial charge >= 0.3 is 5.97 Å². The second kappa shape index (κ2) is 5.32. The number of carboxylic acid groups (broad SMARTS) is 1. The zero-order chi connectivity index (χ0) is 10.6. The molecule has 4 heteroatoms. The van der Waals surface area contributed by atoms with Crippen LogP contribution in [0.3, 0.4) is 0 Å². The van der Waals surface area contributed by atoms with Gasteiger partial charge in [0.15, 0.2) is 0 Å². The summed E-state index contributed by atoms with van der Waals surface area (Å²) in [6.07, 6.45) is 1.05. The Morgan fingerprint density at radius 3 is 3.00 bits per heavy atom. The normalized spacial score (nSPS) is 25.1. The van der Waals surface area contributed by atoms with Crippen LogP contribution in [-0.2, 0) is 9.53 Å². The fraction of sp³-hybridized carbons (Fsp3) is 0.900. The summed E-state index contributed by atoms with van der Waals surface area (Å²) in [4.78, 5) is 12.7. The number of ether oxygens (including phenoxy) is 1. The van der Waals surface area contributed by atoms with Crippen molar-refractivity contribution < 1.29 is 14.6 Å². The standard InChI is InChI=1S/C10H19NO3/c1-3-14-7-9-4-5-11(6-9)8(2)10(12)13/h8-9H,3-7H2,1-2H3,(H,12,13)/t8-,9-/m1/s1. The van der Waals surface area contributed by atoms with Gasteiger partial charge in [-0.15, -0.1) is 0 Å². The molecule has 1 heterocycles. The van der Waals surface area contributed by atoms with Crippen molar-refractivity contribution in [3.63, 3.8) is 0 Å². The van der Waals surface area contributed by atoms with Gasteiger partial charge in [-0.3, -0.25) is 9.69 Å². The first-order chi connectivity index (χ1) is 6.65. The Labute approximate surface area is 84.8 Å². The van der Waals surface area contributed by atoms with Crippen LogP contribution in [0.25, 0.3) is 0 Å². The number of aliphatic carboxylic acids is 1. The Morgan fingerprint density at radius 2 is 2.43 bits per heavy atom. The van der Waals surface area contributed by atoms with E-state index in [1.54, 1.807) is 6.92 Å². The molecule has 0 unspecified atom stereocenters. The van der Waals surface area contributed by atoms with Crippen molar-refractivity contribution in [3.05, 3.63) is 0 Å². The van der Waals surface area contributed by atoms with Gasteiger partial charge in [0.25, 0.3) is 0 Å². The molecule has 1 saturated heterocycles. The summed E-state index contributed by atoms with van der Waals surface area (Å²) in [5.41, 5.74) is 0. The number of carbonyl (C=O) groups is 1. The number of rotatable bonds is 5. The highest BCUT2D eigenvalue weighted by Gasteiger charge is 2.29. The van der Waals surface area contributed by atoms with Crippen molar-refractivity contribution in [3.8, 4) is 0 Å². The van der Waals surface area contributed by atoms with Gasteiger partial charge in [-0.2, -0.15) is 0 Å². The van der Waals surface area contributed by atoms with Gasteiger partial charge in [-0.25, -0.2) is 0 Å². The minimum atomic E-state index is -0.734. The van der Waals surface area contributed by atoms with Gasteiger partial charge in [-0.1, -0.05) is 0 Å². The predicted molar refractivity (Wildman–Crippen MR) is 53.3 cm³/mol. The summed E-state index contributed by atoms with van der Waals surface area (Å²) >= 11 is 0. The Bertz CT molecular complexity index is 196. The van der Waals surface area contributed by atoms with Gasteiger partial charge in [0.05, 0.1) is 6.61 Å². The fourth-order valence-corrected chi connectivity index (χ4v) is 1.79. The van der Waals surface area contributed by atoms with Crippen molar-refractivity contribution in [2.45, 2.75) is 26.3 Å². The molecule has 0 aromatic rings. The predicted octanol–water partition coefficient (Wildman–Crippen LogP) is 0.818. The largest absolute Gasteiger partial charge is 0.480 e. The lowest BCUT2D eigenvalue weighted by Gasteiger charge is -2.20. The highest BCUT2D eigenvalue weighted by Crippen LogP contribution is 2.18. The lowest BCUT2D eigenvalue weighted by Crippen LogP contribution is -2.37. The van der Waals surface area contributed by atoms with Crippen LogP contribution < -0.4 is 0 Å². The smallest absolute Gasteiger partial charge is 0.320 e. The molecule has 0 bridgehead atoms. The molecular formula is C10H19NO3.